The van der Waals surface area contributed by atoms with E-state index in [9.17, 15) is 8.42 Å². The first-order chi connectivity index (χ1) is 8.82. The molecule has 0 atom stereocenters. The van der Waals surface area contributed by atoms with Crippen molar-refractivity contribution in [1.29, 1.82) is 0 Å². The van der Waals surface area contributed by atoms with Gasteiger partial charge in [-0.05, 0) is 38.0 Å². The van der Waals surface area contributed by atoms with Gasteiger partial charge in [0, 0.05) is 5.54 Å². The molecule has 0 amide bonds. The highest BCUT2D eigenvalue weighted by atomic mass is 35.5. The van der Waals surface area contributed by atoms with Crippen LogP contribution < -0.4 is 10.5 Å². The number of halogens is 1. The van der Waals surface area contributed by atoms with Crippen LogP contribution in [0.2, 0.25) is 5.02 Å². The molecule has 19 heavy (non-hydrogen) atoms. The number of nitrogens with two attached hydrogens (primary N) is 1. The molecule has 1 aromatic carbocycles. The van der Waals surface area contributed by atoms with Crippen LogP contribution in [0.3, 0.4) is 0 Å². The van der Waals surface area contributed by atoms with Crippen LogP contribution in [0.25, 0.3) is 0 Å². The van der Waals surface area contributed by atoms with Crippen LogP contribution in [-0.4, -0.2) is 14.0 Å². The molecule has 0 unspecified atom stereocenters. The molecule has 0 saturated heterocycles. The van der Waals surface area contributed by atoms with Crippen molar-refractivity contribution in [1.82, 2.24) is 4.72 Å². The lowest BCUT2D eigenvalue weighted by atomic mass is 9.84. The van der Waals surface area contributed by atoms with E-state index in [1.807, 2.05) is 6.92 Å². The Labute approximate surface area is 119 Å². The summed E-state index contributed by atoms with van der Waals surface area (Å²) in [6.45, 7) is 1.96. The second-order valence-electron chi connectivity index (χ2n) is 5.41. The first kappa shape index (κ1) is 14.6. The molecule has 106 valence electrons. The van der Waals surface area contributed by atoms with E-state index in [1.54, 1.807) is 0 Å². The number of rotatable bonds is 3. The summed E-state index contributed by atoms with van der Waals surface area (Å²) in [5, 5.41) is 0.364. The Morgan fingerprint density at radius 1 is 1.26 bits per heavy atom. The normalized spacial score (nSPS) is 19.3. The second-order valence-corrected chi connectivity index (χ2v) is 7.50. The summed E-state index contributed by atoms with van der Waals surface area (Å²) in [4.78, 5) is 0.168. The molecule has 0 bridgehead atoms. The van der Waals surface area contributed by atoms with E-state index >= 15 is 0 Å². The first-order valence-corrected chi connectivity index (χ1v) is 8.28. The van der Waals surface area contributed by atoms with Gasteiger partial charge >= 0.3 is 0 Å². The molecule has 3 N–H and O–H groups in total. The molecule has 1 aliphatic carbocycles. The Balaban J connectivity index is 2.24. The molecule has 0 aromatic heterocycles. The number of anilines is 1. The molecule has 0 aliphatic heterocycles. The highest BCUT2D eigenvalue weighted by molar-refractivity contribution is 7.89. The average Bonchev–Trinajstić information content (AvgIpc) is 2.32. The van der Waals surface area contributed by atoms with Gasteiger partial charge in [-0.25, -0.2) is 13.1 Å². The van der Waals surface area contributed by atoms with Gasteiger partial charge in [0.1, 0.15) is 0 Å². The third-order valence-corrected chi connectivity index (χ3v) is 5.60. The van der Waals surface area contributed by atoms with Gasteiger partial charge in [-0.2, -0.15) is 0 Å². The van der Waals surface area contributed by atoms with E-state index in [2.05, 4.69) is 4.72 Å². The Bertz CT molecular complexity index is 566. The second kappa shape index (κ2) is 5.31. The summed E-state index contributed by atoms with van der Waals surface area (Å²) in [7, 11) is -3.55. The smallest absolute Gasteiger partial charge is 0.241 e. The lowest BCUT2D eigenvalue weighted by molar-refractivity contribution is 0.294. The molecule has 1 aromatic rings. The van der Waals surface area contributed by atoms with Gasteiger partial charge in [-0.15, -0.1) is 0 Å². The predicted molar refractivity (Wildman–Crippen MR) is 77.7 cm³/mol. The van der Waals surface area contributed by atoms with Crippen LogP contribution in [0.1, 0.15) is 39.0 Å². The molecule has 0 heterocycles. The van der Waals surface area contributed by atoms with Gasteiger partial charge in [0.25, 0.3) is 0 Å². The van der Waals surface area contributed by atoms with Crippen molar-refractivity contribution in [3.8, 4) is 0 Å². The number of nitrogens with one attached hydrogen (secondary N) is 1. The Morgan fingerprint density at radius 3 is 2.47 bits per heavy atom. The zero-order valence-electron chi connectivity index (χ0n) is 10.9. The summed E-state index contributed by atoms with van der Waals surface area (Å²) in [6, 6.07) is 4.39. The Morgan fingerprint density at radius 2 is 1.89 bits per heavy atom. The van der Waals surface area contributed by atoms with Gasteiger partial charge in [0.15, 0.2) is 0 Å². The summed E-state index contributed by atoms with van der Waals surface area (Å²) < 4.78 is 27.5. The SMILES string of the molecule is CC1(NS(=O)(=O)c2ccc(Cl)c(N)c2)CCCCC1. The maximum absolute atomic E-state index is 12.4. The average molecular weight is 303 g/mol. The molecule has 2 rings (SSSR count). The zero-order chi connectivity index (χ0) is 14.1. The quantitative estimate of drug-likeness (QED) is 0.843. The standard InChI is InChI=1S/C13H19ClN2O2S/c1-13(7-3-2-4-8-13)16-19(17,18)10-5-6-11(14)12(15)9-10/h5-6,9,16H,2-4,7-8,15H2,1H3. The topological polar surface area (TPSA) is 72.2 Å². The van der Waals surface area contributed by atoms with Gasteiger partial charge in [0.2, 0.25) is 10.0 Å². The van der Waals surface area contributed by atoms with Gasteiger partial charge < -0.3 is 5.73 Å². The minimum absolute atomic E-state index is 0.168. The van der Waals surface area contributed by atoms with Crippen LogP contribution in [0.15, 0.2) is 23.1 Å². The summed E-state index contributed by atoms with van der Waals surface area (Å²) in [5.41, 5.74) is 5.58. The summed E-state index contributed by atoms with van der Waals surface area (Å²) >= 11 is 5.81. The maximum atomic E-state index is 12.4. The number of hydrogen-bond acceptors (Lipinski definition) is 3. The predicted octanol–water partition coefficient (Wildman–Crippen LogP) is 2.92. The fraction of sp³-hybridized carbons (Fsp3) is 0.538. The highest BCUT2D eigenvalue weighted by Gasteiger charge is 2.32. The maximum Gasteiger partial charge on any atom is 0.241 e. The molecule has 0 radical (unpaired) electrons. The number of sulfonamides is 1. The van der Waals surface area contributed by atoms with E-state index < -0.39 is 10.0 Å². The molecule has 1 saturated carbocycles. The van der Waals surface area contributed by atoms with Crippen molar-refractivity contribution in [2.24, 2.45) is 0 Å². The summed E-state index contributed by atoms with van der Waals surface area (Å²) in [5.74, 6) is 0. The van der Waals surface area contributed by atoms with Crippen LogP contribution in [0.5, 0.6) is 0 Å². The van der Waals surface area contributed by atoms with Crippen molar-refractivity contribution in [3.05, 3.63) is 23.2 Å². The molecule has 6 heteroatoms. The molecule has 4 nitrogen and oxygen atoms in total. The monoisotopic (exact) mass is 302 g/mol. The van der Waals surface area contributed by atoms with Crippen LogP contribution in [0, 0.1) is 0 Å². The summed E-state index contributed by atoms with van der Waals surface area (Å²) in [6.07, 6.45) is 5.03. The van der Waals surface area contributed by atoms with Gasteiger partial charge in [-0.3, -0.25) is 0 Å². The van der Waals surface area contributed by atoms with Gasteiger partial charge in [-0.1, -0.05) is 30.9 Å². The largest absolute Gasteiger partial charge is 0.397 e. The van der Waals surface area contributed by atoms with Crippen molar-refractivity contribution in [3.63, 3.8) is 0 Å². The van der Waals surface area contributed by atoms with Crippen molar-refractivity contribution in [2.45, 2.75) is 49.5 Å². The van der Waals surface area contributed by atoms with Gasteiger partial charge in [0.05, 0.1) is 15.6 Å². The third-order valence-electron chi connectivity index (χ3n) is 3.62. The minimum atomic E-state index is -3.55. The van der Waals surface area contributed by atoms with E-state index in [0.29, 0.717) is 5.02 Å². The molecule has 1 aliphatic rings. The fourth-order valence-electron chi connectivity index (χ4n) is 2.51. The first-order valence-electron chi connectivity index (χ1n) is 6.41. The molecular weight excluding hydrogens is 284 g/mol. The van der Waals surface area contributed by atoms with E-state index in [-0.39, 0.29) is 16.1 Å². The highest BCUT2D eigenvalue weighted by Crippen LogP contribution is 2.30. The van der Waals surface area contributed by atoms with Crippen LogP contribution in [0.4, 0.5) is 5.69 Å². The zero-order valence-corrected chi connectivity index (χ0v) is 12.5. The number of benzene rings is 1. The molecule has 1 fully saturated rings. The Hall–Kier alpha value is -0.780. The van der Waals surface area contributed by atoms with Crippen LogP contribution in [-0.2, 0) is 10.0 Å². The van der Waals surface area contributed by atoms with Crippen LogP contribution >= 0.6 is 11.6 Å². The van der Waals surface area contributed by atoms with Crippen molar-refractivity contribution >= 4 is 27.3 Å². The Kier molecular flexibility index (Phi) is 4.08. The minimum Gasteiger partial charge on any atom is -0.397 e. The van der Waals surface area contributed by atoms with Crippen molar-refractivity contribution < 1.29 is 8.42 Å². The number of nitrogen functional groups attached to an aromatic ring is 1. The lowest BCUT2D eigenvalue weighted by Crippen LogP contribution is -2.47. The third kappa shape index (κ3) is 3.41. The van der Waals surface area contributed by atoms with E-state index in [1.165, 1.54) is 24.6 Å². The van der Waals surface area contributed by atoms with E-state index in [0.717, 1.165) is 25.7 Å². The lowest BCUT2D eigenvalue weighted by Gasteiger charge is -2.34. The van der Waals surface area contributed by atoms with Crippen molar-refractivity contribution in [2.75, 3.05) is 5.73 Å². The van der Waals surface area contributed by atoms with E-state index in [4.69, 9.17) is 17.3 Å². The molecule has 0 spiro atoms. The number of hydrogen-bond donors (Lipinski definition) is 2. The molecular formula is C13H19ClN2O2S. The fourth-order valence-corrected chi connectivity index (χ4v) is 4.12.